The molecule has 3 nitrogen and oxygen atoms in total. The number of aromatic nitrogens is 1. The first-order valence-corrected chi connectivity index (χ1v) is 6.01. The molecule has 0 amide bonds. The summed E-state index contributed by atoms with van der Waals surface area (Å²) in [6, 6.07) is 4.50. The predicted octanol–water partition coefficient (Wildman–Crippen LogP) is 2.64. The third kappa shape index (κ3) is 2.88. The van der Waals surface area contributed by atoms with E-state index in [1.807, 2.05) is 6.92 Å². The van der Waals surface area contributed by atoms with Gasteiger partial charge in [-0.05, 0) is 30.8 Å². The standard InChI is InChI=1S/C14H15F2N3/c1-2-19-14(11-8-18-6-5-13(11)17)10-7-9(15)3-4-12(10)16/h3-8,14,19H,2H2,1H3,(H2,17,18). The number of rotatable bonds is 4. The number of nitrogens with two attached hydrogens (primary N) is 1. The van der Waals surface area contributed by atoms with Gasteiger partial charge in [0.25, 0.3) is 0 Å². The summed E-state index contributed by atoms with van der Waals surface area (Å²) in [5.74, 6) is -0.961. The fourth-order valence-electron chi connectivity index (χ4n) is 1.99. The van der Waals surface area contributed by atoms with Gasteiger partial charge in [-0.3, -0.25) is 4.98 Å². The number of hydrogen-bond acceptors (Lipinski definition) is 3. The van der Waals surface area contributed by atoms with Crippen molar-refractivity contribution in [1.82, 2.24) is 10.3 Å². The molecule has 2 aromatic rings. The van der Waals surface area contributed by atoms with Crippen molar-refractivity contribution in [1.29, 1.82) is 0 Å². The van der Waals surface area contributed by atoms with Gasteiger partial charge in [0.1, 0.15) is 11.6 Å². The van der Waals surface area contributed by atoms with Crippen LogP contribution in [0.5, 0.6) is 0 Å². The largest absolute Gasteiger partial charge is 0.398 e. The number of halogens is 2. The van der Waals surface area contributed by atoms with Gasteiger partial charge in [-0.1, -0.05) is 6.92 Å². The van der Waals surface area contributed by atoms with Crippen molar-refractivity contribution in [2.75, 3.05) is 12.3 Å². The third-order valence-corrected chi connectivity index (χ3v) is 2.88. The van der Waals surface area contributed by atoms with Gasteiger partial charge in [-0.15, -0.1) is 0 Å². The van der Waals surface area contributed by atoms with E-state index in [0.29, 0.717) is 17.8 Å². The van der Waals surface area contributed by atoms with E-state index in [1.54, 1.807) is 18.5 Å². The number of anilines is 1. The maximum Gasteiger partial charge on any atom is 0.128 e. The summed E-state index contributed by atoms with van der Waals surface area (Å²) in [6.45, 7) is 2.48. The summed E-state index contributed by atoms with van der Waals surface area (Å²) >= 11 is 0. The van der Waals surface area contributed by atoms with E-state index in [0.717, 1.165) is 12.1 Å². The zero-order valence-electron chi connectivity index (χ0n) is 10.5. The second-order valence-corrected chi connectivity index (χ2v) is 4.16. The Labute approximate surface area is 110 Å². The minimum atomic E-state index is -0.519. The lowest BCUT2D eigenvalue weighted by Crippen LogP contribution is -2.24. The Bertz CT molecular complexity index is 572. The Hall–Kier alpha value is -2.01. The molecule has 0 spiro atoms. The molecule has 5 heteroatoms. The van der Waals surface area contributed by atoms with E-state index in [1.165, 1.54) is 6.07 Å². The number of hydrogen-bond donors (Lipinski definition) is 2. The molecule has 1 aromatic carbocycles. The van der Waals surface area contributed by atoms with E-state index in [-0.39, 0.29) is 5.56 Å². The Kier molecular flexibility index (Phi) is 4.06. The van der Waals surface area contributed by atoms with Gasteiger partial charge < -0.3 is 11.1 Å². The Morgan fingerprint density at radius 2 is 2.05 bits per heavy atom. The molecule has 1 atom stereocenters. The Morgan fingerprint density at radius 1 is 1.26 bits per heavy atom. The molecule has 0 saturated heterocycles. The molecule has 0 fully saturated rings. The molecule has 3 N–H and O–H groups in total. The monoisotopic (exact) mass is 263 g/mol. The maximum atomic E-state index is 13.9. The van der Waals surface area contributed by atoms with Gasteiger partial charge in [0.2, 0.25) is 0 Å². The normalized spacial score (nSPS) is 12.4. The van der Waals surface area contributed by atoms with Crippen LogP contribution in [-0.4, -0.2) is 11.5 Å². The van der Waals surface area contributed by atoms with Crippen LogP contribution < -0.4 is 11.1 Å². The lowest BCUT2D eigenvalue weighted by Gasteiger charge is -2.20. The number of pyridine rings is 1. The molecular formula is C14H15F2N3. The summed E-state index contributed by atoms with van der Waals surface area (Å²) in [4.78, 5) is 3.99. The van der Waals surface area contributed by atoms with E-state index in [4.69, 9.17) is 5.73 Å². The molecule has 0 bridgehead atoms. The first kappa shape index (κ1) is 13.4. The molecular weight excluding hydrogens is 248 g/mol. The molecule has 0 aliphatic rings. The van der Waals surface area contributed by atoms with Crippen molar-refractivity contribution in [2.45, 2.75) is 13.0 Å². The number of benzene rings is 1. The van der Waals surface area contributed by atoms with E-state index >= 15 is 0 Å². The highest BCUT2D eigenvalue weighted by Gasteiger charge is 2.20. The first-order valence-electron chi connectivity index (χ1n) is 6.01. The SMILES string of the molecule is CCNC(c1cnccc1N)c1cc(F)ccc1F. The molecule has 1 heterocycles. The molecule has 1 unspecified atom stereocenters. The zero-order valence-corrected chi connectivity index (χ0v) is 10.5. The third-order valence-electron chi connectivity index (χ3n) is 2.88. The average Bonchev–Trinajstić information content (AvgIpc) is 2.40. The maximum absolute atomic E-state index is 13.9. The summed E-state index contributed by atoms with van der Waals surface area (Å²) in [5, 5.41) is 3.10. The average molecular weight is 263 g/mol. The van der Waals surface area contributed by atoms with Crippen LogP contribution in [0.3, 0.4) is 0 Å². The lowest BCUT2D eigenvalue weighted by atomic mass is 9.98. The number of nitrogen functional groups attached to an aromatic ring is 1. The zero-order chi connectivity index (χ0) is 13.8. The van der Waals surface area contributed by atoms with Crippen LogP contribution in [0.2, 0.25) is 0 Å². The van der Waals surface area contributed by atoms with Crippen molar-refractivity contribution in [2.24, 2.45) is 0 Å². The van der Waals surface area contributed by atoms with Gasteiger partial charge in [-0.25, -0.2) is 8.78 Å². The molecule has 0 aliphatic carbocycles. The van der Waals surface area contributed by atoms with Crippen LogP contribution in [0, 0.1) is 11.6 Å². The second kappa shape index (κ2) is 5.75. The first-order chi connectivity index (χ1) is 9.13. The van der Waals surface area contributed by atoms with Gasteiger partial charge in [-0.2, -0.15) is 0 Å². The van der Waals surface area contributed by atoms with Crippen molar-refractivity contribution in [3.8, 4) is 0 Å². The minimum absolute atomic E-state index is 0.224. The van der Waals surface area contributed by atoms with Gasteiger partial charge in [0, 0.05) is 29.2 Å². The summed E-state index contributed by atoms with van der Waals surface area (Å²) < 4.78 is 27.2. The van der Waals surface area contributed by atoms with Gasteiger partial charge in [0.05, 0.1) is 6.04 Å². The van der Waals surface area contributed by atoms with Crippen molar-refractivity contribution < 1.29 is 8.78 Å². The lowest BCUT2D eigenvalue weighted by molar-refractivity contribution is 0.545. The van der Waals surface area contributed by atoms with Crippen molar-refractivity contribution in [3.63, 3.8) is 0 Å². The molecule has 1 aromatic heterocycles. The van der Waals surface area contributed by atoms with Crippen molar-refractivity contribution >= 4 is 5.69 Å². The summed E-state index contributed by atoms with van der Waals surface area (Å²) in [7, 11) is 0. The summed E-state index contributed by atoms with van der Waals surface area (Å²) in [6.07, 6.45) is 3.12. The quantitative estimate of drug-likeness (QED) is 0.891. The predicted molar refractivity (Wildman–Crippen MR) is 70.5 cm³/mol. The smallest absolute Gasteiger partial charge is 0.128 e. The topological polar surface area (TPSA) is 50.9 Å². The molecule has 0 aliphatic heterocycles. The van der Waals surface area contributed by atoms with E-state index in [2.05, 4.69) is 10.3 Å². The van der Waals surface area contributed by atoms with E-state index in [9.17, 15) is 8.78 Å². The highest BCUT2D eigenvalue weighted by atomic mass is 19.1. The van der Waals surface area contributed by atoms with E-state index < -0.39 is 17.7 Å². The van der Waals surface area contributed by atoms with Crippen LogP contribution in [0.25, 0.3) is 0 Å². The van der Waals surface area contributed by atoms with Crippen LogP contribution in [0.15, 0.2) is 36.7 Å². The molecule has 100 valence electrons. The highest BCUT2D eigenvalue weighted by molar-refractivity contribution is 5.49. The number of nitrogens with one attached hydrogen (secondary N) is 1. The van der Waals surface area contributed by atoms with Crippen LogP contribution >= 0.6 is 0 Å². The van der Waals surface area contributed by atoms with Gasteiger partial charge >= 0.3 is 0 Å². The fourth-order valence-corrected chi connectivity index (χ4v) is 1.99. The van der Waals surface area contributed by atoms with Crippen LogP contribution in [0.1, 0.15) is 24.1 Å². The summed E-state index contributed by atoms with van der Waals surface area (Å²) in [5.41, 5.74) is 7.23. The minimum Gasteiger partial charge on any atom is -0.398 e. The fraction of sp³-hybridized carbons (Fsp3) is 0.214. The molecule has 0 saturated carbocycles. The van der Waals surface area contributed by atoms with Crippen molar-refractivity contribution in [3.05, 3.63) is 59.4 Å². The van der Waals surface area contributed by atoms with Crippen LogP contribution in [0.4, 0.5) is 14.5 Å². The molecule has 19 heavy (non-hydrogen) atoms. The second-order valence-electron chi connectivity index (χ2n) is 4.16. The van der Waals surface area contributed by atoms with Crippen LogP contribution in [-0.2, 0) is 0 Å². The molecule has 0 radical (unpaired) electrons. The number of nitrogens with zero attached hydrogens (tertiary/aromatic N) is 1. The Morgan fingerprint density at radius 3 is 2.74 bits per heavy atom. The highest BCUT2D eigenvalue weighted by Crippen LogP contribution is 2.28. The van der Waals surface area contributed by atoms with Gasteiger partial charge in [0.15, 0.2) is 0 Å². The Balaban J connectivity index is 2.51. The molecule has 2 rings (SSSR count).